The van der Waals surface area contributed by atoms with E-state index in [0.29, 0.717) is 10.0 Å². The van der Waals surface area contributed by atoms with Gasteiger partial charge in [-0.1, -0.05) is 23.2 Å². The lowest BCUT2D eigenvalue weighted by molar-refractivity contribution is 0.142. The van der Waals surface area contributed by atoms with Crippen molar-refractivity contribution in [3.05, 3.63) is 40.1 Å². The van der Waals surface area contributed by atoms with E-state index in [1.165, 1.54) is 0 Å². The number of halogens is 2. The van der Waals surface area contributed by atoms with E-state index in [1.54, 1.807) is 6.07 Å². The van der Waals surface area contributed by atoms with Gasteiger partial charge >= 0.3 is 0 Å². The normalized spacial score (nSPS) is 10.9. The number of rotatable bonds is 7. The number of aryl methyl sites for hydroxylation is 2. The summed E-state index contributed by atoms with van der Waals surface area (Å²) in [6.07, 6.45) is 2.95. The van der Waals surface area contributed by atoms with Crippen LogP contribution in [0.5, 0.6) is 0 Å². The van der Waals surface area contributed by atoms with Gasteiger partial charge in [-0.3, -0.25) is 0 Å². The molecule has 0 fully saturated rings. The Morgan fingerprint density at radius 1 is 1.24 bits per heavy atom. The Morgan fingerprint density at radius 3 is 2.62 bits per heavy atom. The summed E-state index contributed by atoms with van der Waals surface area (Å²) in [7, 11) is 0. The number of anilines is 2. The zero-order chi connectivity index (χ0) is 15.2. The lowest BCUT2D eigenvalue weighted by Gasteiger charge is -2.10. The van der Waals surface area contributed by atoms with E-state index in [2.05, 4.69) is 14.9 Å². The summed E-state index contributed by atoms with van der Waals surface area (Å²) >= 11 is 12.0. The van der Waals surface area contributed by atoms with Crippen LogP contribution in [0.2, 0.25) is 10.0 Å². The van der Waals surface area contributed by atoms with Crippen molar-refractivity contribution >= 4 is 34.8 Å². The smallest absolute Gasteiger partial charge is 0.207 e. The second-order valence-electron chi connectivity index (χ2n) is 4.73. The van der Waals surface area contributed by atoms with Gasteiger partial charge in [0.2, 0.25) is 5.95 Å². The van der Waals surface area contributed by atoms with E-state index in [1.807, 2.05) is 32.2 Å². The van der Waals surface area contributed by atoms with Gasteiger partial charge in [-0.05, 0) is 38.5 Å². The van der Waals surface area contributed by atoms with E-state index in [0.717, 1.165) is 43.5 Å². The molecule has 6 heteroatoms. The van der Waals surface area contributed by atoms with Crippen molar-refractivity contribution in [3.8, 4) is 0 Å². The molecule has 0 aliphatic rings. The van der Waals surface area contributed by atoms with E-state index in [4.69, 9.17) is 27.9 Å². The number of nitrogens with zero attached hydrogens (tertiary/aromatic N) is 2. The molecule has 0 saturated carbocycles. The minimum absolute atomic E-state index is 0.594. The van der Waals surface area contributed by atoms with Crippen molar-refractivity contribution in [2.75, 3.05) is 18.5 Å². The molecule has 2 rings (SSSR count). The Bertz CT molecular complexity index is 578. The summed E-state index contributed by atoms with van der Waals surface area (Å²) in [5, 5.41) is 4.45. The molecule has 0 aliphatic heterocycles. The molecule has 1 N–H and O–H groups in total. The maximum Gasteiger partial charge on any atom is 0.207 e. The maximum atomic E-state index is 6.01. The summed E-state index contributed by atoms with van der Waals surface area (Å²) in [6.45, 7) is 6.30. The molecule has 114 valence electrons. The fraction of sp³-hybridized carbons (Fsp3) is 0.400. The van der Waals surface area contributed by atoms with E-state index < -0.39 is 0 Å². The largest absolute Gasteiger partial charge is 0.382 e. The van der Waals surface area contributed by atoms with Crippen LogP contribution in [-0.4, -0.2) is 22.8 Å². The summed E-state index contributed by atoms with van der Waals surface area (Å²) in [4.78, 5) is 4.49. The molecule has 0 saturated heterocycles. The second-order valence-corrected chi connectivity index (χ2v) is 5.61. The first-order valence-corrected chi connectivity index (χ1v) is 7.68. The van der Waals surface area contributed by atoms with Crippen molar-refractivity contribution in [2.24, 2.45) is 0 Å². The summed E-state index contributed by atoms with van der Waals surface area (Å²) < 4.78 is 7.44. The van der Waals surface area contributed by atoms with Crippen LogP contribution < -0.4 is 5.32 Å². The molecule has 1 heterocycles. The Labute approximate surface area is 135 Å². The third kappa shape index (κ3) is 4.92. The van der Waals surface area contributed by atoms with Gasteiger partial charge < -0.3 is 14.6 Å². The molecule has 0 aliphatic carbocycles. The Kier molecular flexibility index (Phi) is 5.91. The average molecular weight is 328 g/mol. The second kappa shape index (κ2) is 7.69. The van der Waals surface area contributed by atoms with Crippen LogP contribution in [0.4, 0.5) is 11.6 Å². The maximum absolute atomic E-state index is 6.01. The minimum Gasteiger partial charge on any atom is -0.382 e. The molecule has 0 radical (unpaired) electrons. The van der Waals surface area contributed by atoms with Crippen LogP contribution >= 0.6 is 23.2 Å². The van der Waals surface area contributed by atoms with Crippen molar-refractivity contribution in [2.45, 2.75) is 26.8 Å². The predicted octanol–water partition coefficient (Wildman–Crippen LogP) is 4.67. The summed E-state index contributed by atoms with van der Waals surface area (Å²) in [5.74, 6) is 0.780. The first kappa shape index (κ1) is 16.1. The first-order chi connectivity index (χ1) is 10.1. The third-order valence-corrected chi connectivity index (χ3v) is 3.34. The van der Waals surface area contributed by atoms with Crippen LogP contribution in [0, 0.1) is 6.92 Å². The molecule has 1 aromatic heterocycles. The molecule has 2 aromatic rings. The minimum atomic E-state index is 0.594. The molecule has 4 nitrogen and oxygen atoms in total. The fourth-order valence-corrected chi connectivity index (χ4v) is 2.58. The number of imidazole rings is 1. The van der Waals surface area contributed by atoms with Gasteiger partial charge in [0.05, 0.1) is 5.69 Å². The Morgan fingerprint density at radius 2 is 1.95 bits per heavy atom. The Hall–Kier alpha value is -1.23. The molecule has 0 unspecified atom stereocenters. The van der Waals surface area contributed by atoms with Gasteiger partial charge in [0.1, 0.15) is 0 Å². The highest BCUT2D eigenvalue weighted by Gasteiger charge is 2.07. The number of hydrogen-bond acceptors (Lipinski definition) is 3. The number of nitrogens with one attached hydrogen (secondary N) is 1. The zero-order valence-electron chi connectivity index (χ0n) is 12.2. The van der Waals surface area contributed by atoms with Crippen LogP contribution in [0.1, 0.15) is 19.0 Å². The zero-order valence-corrected chi connectivity index (χ0v) is 13.7. The standard InChI is InChI=1S/C15H19Cl2N3O/c1-3-21-6-4-5-20-10-11(2)18-15(20)19-14-8-12(16)7-13(17)9-14/h7-10H,3-6H2,1-2H3,(H,18,19). The van der Waals surface area contributed by atoms with Crippen molar-refractivity contribution < 1.29 is 4.74 Å². The summed E-state index contributed by atoms with van der Waals surface area (Å²) in [5.41, 5.74) is 1.78. The fourth-order valence-electron chi connectivity index (χ4n) is 2.05. The van der Waals surface area contributed by atoms with E-state index >= 15 is 0 Å². The molecule has 0 amide bonds. The molecule has 0 atom stereocenters. The van der Waals surface area contributed by atoms with Crippen LogP contribution in [-0.2, 0) is 11.3 Å². The summed E-state index contributed by atoms with van der Waals surface area (Å²) in [6, 6.07) is 5.35. The van der Waals surface area contributed by atoms with E-state index in [9.17, 15) is 0 Å². The molecule has 1 aromatic carbocycles. The monoisotopic (exact) mass is 327 g/mol. The van der Waals surface area contributed by atoms with Gasteiger partial charge in [-0.2, -0.15) is 0 Å². The first-order valence-electron chi connectivity index (χ1n) is 6.93. The molecule has 0 bridgehead atoms. The number of benzene rings is 1. The van der Waals surface area contributed by atoms with Crippen molar-refractivity contribution in [3.63, 3.8) is 0 Å². The molecular weight excluding hydrogens is 309 g/mol. The molecular formula is C15H19Cl2N3O. The molecule has 21 heavy (non-hydrogen) atoms. The predicted molar refractivity (Wildman–Crippen MR) is 87.8 cm³/mol. The van der Waals surface area contributed by atoms with Crippen molar-refractivity contribution in [1.82, 2.24) is 9.55 Å². The van der Waals surface area contributed by atoms with Crippen LogP contribution in [0.3, 0.4) is 0 Å². The average Bonchev–Trinajstić information content (AvgIpc) is 2.73. The quantitative estimate of drug-likeness (QED) is 0.751. The number of ether oxygens (including phenoxy) is 1. The highest BCUT2D eigenvalue weighted by atomic mass is 35.5. The highest BCUT2D eigenvalue weighted by molar-refractivity contribution is 6.35. The van der Waals surface area contributed by atoms with Crippen LogP contribution in [0.25, 0.3) is 0 Å². The van der Waals surface area contributed by atoms with Gasteiger partial charge in [-0.25, -0.2) is 4.98 Å². The van der Waals surface area contributed by atoms with Gasteiger partial charge in [0, 0.05) is 41.7 Å². The highest BCUT2D eigenvalue weighted by Crippen LogP contribution is 2.25. The van der Waals surface area contributed by atoms with Gasteiger partial charge in [0.25, 0.3) is 0 Å². The van der Waals surface area contributed by atoms with Crippen molar-refractivity contribution in [1.29, 1.82) is 0 Å². The lowest BCUT2D eigenvalue weighted by Crippen LogP contribution is -2.06. The topological polar surface area (TPSA) is 39.1 Å². The Balaban J connectivity index is 2.08. The third-order valence-electron chi connectivity index (χ3n) is 2.91. The molecule has 0 spiro atoms. The SMILES string of the molecule is CCOCCCn1cc(C)nc1Nc1cc(Cl)cc(Cl)c1. The lowest BCUT2D eigenvalue weighted by atomic mass is 10.3. The van der Waals surface area contributed by atoms with Crippen LogP contribution in [0.15, 0.2) is 24.4 Å². The number of hydrogen-bond donors (Lipinski definition) is 1. The van der Waals surface area contributed by atoms with Gasteiger partial charge in [-0.15, -0.1) is 0 Å². The van der Waals surface area contributed by atoms with E-state index in [-0.39, 0.29) is 0 Å². The van der Waals surface area contributed by atoms with Gasteiger partial charge in [0.15, 0.2) is 0 Å². The number of aromatic nitrogens is 2.